The molecule has 2 aromatic rings. The largest absolute Gasteiger partial charge is 0.357 e. The first-order chi connectivity index (χ1) is 12.5. The fourth-order valence-electron chi connectivity index (χ4n) is 3.51. The predicted molar refractivity (Wildman–Crippen MR) is 103 cm³/mol. The molecule has 1 saturated heterocycles. The van der Waals surface area contributed by atoms with Crippen molar-refractivity contribution >= 4 is 11.7 Å². The molecule has 6 heteroatoms. The highest BCUT2D eigenvalue weighted by molar-refractivity contribution is 5.79. The maximum absolute atomic E-state index is 12.3. The van der Waals surface area contributed by atoms with Gasteiger partial charge in [-0.15, -0.1) is 0 Å². The number of aryl methyl sites for hydroxylation is 2. The Morgan fingerprint density at radius 1 is 1.15 bits per heavy atom. The number of carbonyl (C=O) groups is 1. The standard InChI is InChI=1S/C20H29N5O/c1-15-18(16(2)24(3)23-15)12-20(26)22-14-17-8-9-19(21-13-17)25-10-6-4-5-7-11-25/h8-9,13H,4-7,10-12,14H2,1-3H3,(H,22,26). The number of rotatable bonds is 5. The molecule has 0 spiro atoms. The van der Waals surface area contributed by atoms with E-state index in [4.69, 9.17) is 0 Å². The number of anilines is 1. The van der Waals surface area contributed by atoms with Gasteiger partial charge in [0.1, 0.15) is 5.82 Å². The third kappa shape index (κ3) is 4.42. The number of hydrogen-bond acceptors (Lipinski definition) is 4. The van der Waals surface area contributed by atoms with Crippen LogP contribution in [0.25, 0.3) is 0 Å². The molecule has 3 rings (SSSR count). The van der Waals surface area contributed by atoms with Crippen LogP contribution < -0.4 is 10.2 Å². The van der Waals surface area contributed by atoms with Crippen LogP contribution in [0.4, 0.5) is 5.82 Å². The fourth-order valence-corrected chi connectivity index (χ4v) is 3.51. The number of pyridine rings is 1. The summed E-state index contributed by atoms with van der Waals surface area (Å²) in [6, 6.07) is 4.14. The molecule has 2 aromatic heterocycles. The molecule has 140 valence electrons. The van der Waals surface area contributed by atoms with E-state index < -0.39 is 0 Å². The number of nitrogens with zero attached hydrogens (tertiary/aromatic N) is 4. The summed E-state index contributed by atoms with van der Waals surface area (Å²) in [6.07, 6.45) is 7.36. The van der Waals surface area contributed by atoms with Gasteiger partial charge >= 0.3 is 0 Å². The van der Waals surface area contributed by atoms with E-state index in [1.54, 1.807) is 0 Å². The monoisotopic (exact) mass is 355 g/mol. The van der Waals surface area contributed by atoms with Crippen molar-refractivity contribution in [2.24, 2.45) is 7.05 Å². The summed E-state index contributed by atoms with van der Waals surface area (Å²) in [5.74, 6) is 1.06. The second kappa shape index (κ2) is 8.34. The molecule has 3 heterocycles. The zero-order chi connectivity index (χ0) is 18.5. The van der Waals surface area contributed by atoms with Crippen LogP contribution in [0.2, 0.25) is 0 Å². The molecule has 1 N–H and O–H groups in total. The van der Waals surface area contributed by atoms with Crippen molar-refractivity contribution in [1.82, 2.24) is 20.1 Å². The second-order valence-corrected chi connectivity index (χ2v) is 7.15. The Labute approximate surface area is 155 Å². The Morgan fingerprint density at radius 3 is 2.46 bits per heavy atom. The summed E-state index contributed by atoms with van der Waals surface area (Å²) in [6.45, 7) is 6.62. The minimum atomic E-state index is 0.0146. The summed E-state index contributed by atoms with van der Waals surface area (Å²) >= 11 is 0. The lowest BCUT2D eigenvalue weighted by atomic mass is 10.1. The van der Waals surface area contributed by atoms with Crippen molar-refractivity contribution < 1.29 is 4.79 Å². The van der Waals surface area contributed by atoms with E-state index in [0.29, 0.717) is 13.0 Å². The molecule has 0 radical (unpaired) electrons. The van der Waals surface area contributed by atoms with Gasteiger partial charge < -0.3 is 10.2 Å². The quantitative estimate of drug-likeness (QED) is 0.896. The van der Waals surface area contributed by atoms with Crippen LogP contribution in [0.5, 0.6) is 0 Å². The van der Waals surface area contributed by atoms with Crippen molar-refractivity contribution in [3.05, 3.63) is 40.8 Å². The van der Waals surface area contributed by atoms with Crippen LogP contribution in [0, 0.1) is 13.8 Å². The van der Waals surface area contributed by atoms with Crippen molar-refractivity contribution in [2.45, 2.75) is 52.5 Å². The SMILES string of the molecule is Cc1nn(C)c(C)c1CC(=O)NCc1ccc(N2CCCCCC2)nc1. The summed E-state index contributed by atoms with van der Waals surface area (Å²) in [4.78, 5) is 19.2. The molecule has 0 bridgehead atoms. The van der Waals surface area contributed by atoms with Gasteiger partial charge in [-0.05, 0) is 38.3 Å². The Bertz CT molecular complexity index is 742. The van der Waals surface area contributed by atoms with Crippen molar-refractivity contribution in [1.29, 1.82) is 0 Å². The molecule has 0 saturated carbocycles. The average Bonchev–Trinajstić information content (AvgIpc) is 2.85. The van der Waals surface area contributed by atoms with Gasteiger partial charge in [0.15, 0.2) is 0 Å². The van der Waals surface area contributed by atoms with Gasteiger partial charge in [-0.25, -0.2) is 4.98 Å². The van der Waals surface area contributed by atoms with Gasteiger partial charge in [-0.1, -0.05) is 18.9 Å². The summed E-state index contributed by atoms with van der Waals surface area (Å²) in [5.41, 5.74) is 4.00. The molecule has 1 fully saturated rings. The Morgan fingerprint density at radius 2 is 1.88 bits per heavy atom. The van der Waals surface area contributed by atoms with Crippen LogP contribution >= 0.6 is 0 Å². The summed E-state index contributed by atoms with van der Waals surface area (Å²) < 4.78 is 1.82. The topological polar surface area (TPSA) is 63.1 Å². The molecule has 1 aliphatic rings. The average molecular weight is 355 g/mol. The molecule has 0 aliphatic carbocycles. The predicted octanol–water partition coefficient (Wildman–Crippen LogP) is 2.67. The number of aromatic nitrogens is 3. The number of nitrogens with one attached hydrogen (secondary N) is 1. The first-order valence-corrected chi connectivity index (χ1v) is 9.50. The highest BCUT2D eigenvalue weighted by atomic mass is 16.1. The molecular formula is C20H29N5O. The normalized spacial score (nSPS) is 15.0. The van der Waals surface area contributed by atoms with E-state index in [-0.39, 0.29) is 5.91 Å². The second-order valence-electron chi connectivity index (χ2n) is 7.15. The Balaban J connectivity index is 1.53. The van der Waals surface area contributed by atoms with E-state index in [1.165, 1.54) is 25.7 Å². The summed E-state index contributed by atoms with van der Waals surface area (Å²) in [7, 11) is 1.90. The molecule has 1 amide bonds. The fraction of sp³-hybridized carbons (Fsp3) is 0.550. The van der Waals surface area contributed by atoms with E-state index in [9.17, 15) is 4.79 Å². The van der Waals surface area contributed by atoms with Crippen molar-refractivity contribution in [3.63, 3.8) is 0 Å². The summed E-state index contributed by atoms with van der Waals surface area (Å²) in [5, 5.41) is 7.36. The lowest BCUT2D eigenvalue weighted by Gasteiger charge is -2.21. The van der Waals surface area contributed by atoms with Crippen molar-refractivity contribution in [2.75, 3.05) is 18.0 Å². The highest BCUT2D eigenvalue weighted by Gasteiger charge is 2.14. The van der Waals surface area contributed by atoms with Gasteiger partial charge in [0.25, 0.3) is 0 Å². The van der Waals surface area contributed by atoms with E-state index in [1.807, 2.05) is 31.8 Å². The lowest BCUT2D eigenvalue weighted by molar-refractivity contribution is -0.120. The van der Waals surface area contributed by atoms with Crippen LogP contribution in [-0.2, 0) is 24.8 Å². The number of amides is 1. The molecule has 6 nitrogen and oxygen atoms in total. The molecule has 26 heavy (non-hydrogen) atoms. The molecule has 0 atom stereocenters. The minimum Gasteiger partial charge on any atom is -0.357 e. The van der Waals surface area contributed by atoms with Crippen LogP contribution in [0.15, 0.2) is 18.3 Å². The zero-order valence-electron chi connectivity index (χ0n) is 16.1. The van der Waals surface area contributed by atoms with Crippen LogP contribution in [0.1, 0.15) is 48.2 Å². The van der Waals surface area contributed by atoms with Crippen LogP contribution in [0.3, 0.4) is 0 Å². The Kier molecular flexibility index (Phi) is 5.91. The third-order valence-electron chi connectivity index (χ3n) is 5.23. The first kappa shape index (κ1) is 18.4. The van der Waals surface area contributed by atoms with Gasteiger partial charge in [0.05, 0.1) is 12.1 Å². The Hall–Kier alpha value is -2.37. The number of hydrogen-bond donors (Lipinski definition) is 1. The van der Waals surface area contributed by atoms with Crippen molar-refractivity contribution in [3.8, 4) is 0 Å². The van der Waals surface area contributed by atoms with Gasteiger partial charge in [-0.3, -0.25) is 9.48 Å². The minimum absolute atomic E-state index is 0.0146. The molecular weight excluding hydrogens is 326 g/mol. The van der Waals surface area contributed by atoms with Gasteiger partial charge in [0, 0.05) is 44.1 Å². The molecule has 0 unspecified atom stereocenters. The highest BCUT2D eigenvalue weighted by Crippen LogP contribution is 2.17. The maximum Gasteiger partial charge on any atom is 0.224 e. The molecule has 1 aliphatic heterocycles. The van der Waals surface area contributed by atoms with Gasteiger partial charge in [-0.2, -0.15) is 5.10 Å². The first-order valence-electron chi connectivity index (χ1n) is 9.50. The smallest absolute Gasteiger partial charge is 0.224 e. The zero-order valence-corrected chi connectivity index (χ0v) is 16.1. The number of carbonyl (C=O) groups excluding carboxylic acids is 1. The third-order valence-corrected chi connectivity index (χ3v) is 5.23. The lowest BCUT2D eigenvalue weighted by Crippen LogP contribution is -2.26. The van der Waals surface area contributed by atoms with E-state index in [0.717, 1.165) is 41.4 Å². The van der Waals surface area contributed by atoms with Crippen LogP contribution in [-0.4, -0.2) is 33.8 Å². The maximum atomic E-state index is 12.3. The van der Waals surface area contributed by atoms with E-state index in [2.05, 4.69) is 32.4 Å². The van der Waals surface area contributed by atoms with Gasteiger partial charge in [0.2, 0.25) is 5.91 Å². The van der Waals surface area contributed by atoms with E-state index >= 15 is 0 Å². The molecule has 0 aromatic carbocycles.